The molecule has 1 saturated carbocycles. The summed E-state index contributed by atoms with van der Waals surface area (Å²) in [4.78, 5) is 0. The van der Waals surface area contributed by atoms with Crippen LogP contribution in [-0.4, -0.2) is 33.5 Å². The summed E-state index contributed by atoms with van der Waals surface area (Å²) in [5, 5.41) is 0. The van der Waals surface area contributed by atoms with Gasteiger partial charge in [0.1, 0.15) is 11.2 Å². The van der Waals surface area contributed by atoms with Gasteiger partial charge in [-0.3, -0.25) is 0 Å². The van der Waals surface area contributed by atoms with E-state index in [4.69, 9.17) is 16.1 Å². The molecule has 0 aliphatic heterocycles. The number of hydrogen-bond acceptors (Lipinski definition) is 4. The van der Waals surface area contributed by atoms with E-state index in [0.717, 1.165) is 59.1 Å². The molecule has 6 aromatic rings. The second-order valence-corrected chi connectivity index (χ2v) is 15.1. The summed E-state index contributed by atoms with van der Waals surface area (Å²) in [7, 11) is 0. The molecule has 1 fully saturated rings. The lowest BCUT2D eigenvalue weighted by Gasteiger charge is -2.43. The Morgan fingerprint density at radius 3 is 0.904 bits per heavy atom. The zero-order valence-electron chi connectivity index (χ0n) is 30.1. The summed E-state index contributed by atoms with van der Waals surface area (Å²) in [6.07, 6.45) is 4.01. The van der Waals surface area contributed by atoms with Crippen molar-refractivity contribution in [3.05, 3.63) is 215 Å². The number of benzene rings is 6. The molecule has 1 aliphatic carbocycles. The summed E-state index contributed by atoms with van der Waals surface area (Å²) in [5.41, 5.74) is 4.02. The quantitative estimate of drug-likeness (QED) is 0.0836. The first-order valence-electron chi connectivity index (χ1n) is 18.6. The first-order chi connectivity index (χ1) is 25.6. The van der Waals surface area contributed by atoms with Crippen molar-refractivity contribution in [2.75, 3.05) is 0 Å². The van der Waals surface area contributed by atoms with Gasteiger partial charge in [-0.25, -0.2) is 0 Å². The number of rotatable bonds is 14. The van der Waals surface area contributed by atoms with Crippen molar-refractivity contribution in [2.24, 2.45) is 0 Å². The number of hydrogen-bond donors (Lipinski definition) is 0. The molecule has 0 bridgehead atoms. The molecule has 52 heavy (non-hydrogen) atoms. The zero-order valence-corrected chi connectivity index (χ0v) is 31.2. The normalized spacial score (nSPS) is 16.4. The Labute approximate surface area is 314 Å². The maximum absolute atomic E-state index is 7.77. The topological polar surface area (TPSA) is 36.9 Å². The van der Waals surface area contributed by atoms with Gasteiger partial charge >= 0.3 is 15.1 Å². The molecule has 0 radical (unpaired) electrons. The summed E-state index contributed by atoms with van der Waals surface area (Å²) < 4.78 is 29.1. The van der Waals surface area contributed by atoms with Gasteiger partial charge in [-0.05, 0) is 72.9 Å². The Morgan fingerprint density at radius 1 is 0.404 bits per heavy atom. The van der Waals surface area contributed by atoms with Crippen molar-refractivity contribution >= 4 is 15.1 Å². The summed E-state index contributed by atoms with van der Waals surface area (Å²) in [6.45, 7) is 4.22. The molecule has 0 atom stereocenters. The van der Waals surface area contributed by atoms with Crippen molar-refractivity contribution in [3.8, 4) is 0 Å². The average Bonchev–Trinajstić information content (AvgIpc) is 3.21. The second-order valence-electron chi connectivity index (χ2n) is 13.8. The fourth-order valence-electron chi connectivity index (χ4n) is 7.66. The third-order valence-corrected chi connectivity index (χ3v) is 11.7. The minimum atomic E-state index is -3.17. The maximum Gasteiger partial charge on any atom is 0.908 e. The van der Waals surface area contributed by atoms with Gasteiger partial charge in [-0.1, -0.05) is 182 Å². The van der Waals surface area contributed by atoms with Crippen LogP contribution in [0.1, 0.15) is 72.9 Å². The van der Waals surface area contributed by atoms with Crippen LogP contribution >= 0.6 is 0 Å². The van der Waals surface area contributed by atoms with Gasteiger partial charge in [-0.2, -0.15) is 0 Å². The minimum absolute atomic E-state index is 0.0382. The molecule has 0 saturated heterocycles. The monoisotopic (exact) mass is 702 g/mol. The van der Waals surface area contributed by atoms with Crippen LogP contribution in [0.3, 0.4) is 0 Å². The van der Waals surface area contributed by atoms with Gasteiger partial charge in [0, 0.05) is 6.10 Å². The molecule has 0 aromatic heterocycles. The third kappa shape index (κ3) is 7.87. The van der Waals surface area contributed by atoms with Crippen LogP contribution in [-0.2, 0) is 27.3 Å². The molecule has 262 valence electrons. The van der Waals surface area contributed by atoms with Gasteiger partial charge in [-0.15, -0.1) is 0 Å². The van der Waals surface area contributed by atoms with Crippen LogP contribution in [0.15, 0.2) is 182 Å². The highest BCUT2D eigenvalue weighted by atomic mass is 27.3. The van der Waals surface area contributed by atoms with Crippen molar-refractivity contribution in [3.63, 3.8) is 0 Å². The van der Waals surface area contributed by atoms with Gasteiger partial charge in [0.05, 0.1) is 12.2 Å². The minimum Gasteiger partial charge on any atom is -0.452 e. The first-order valence-corrected chi connectivity index (χ1v) is 20.0. The zero-order chi connectivity index (χ0) is 35.6. The van der Waals surface area contributed by atoms with E-state index in [2.05, 4.69) is 196 Å². The van der Waals surface area contributed by atoms with Crippen LogP contribution in [0.4, 0.5) is 0 Å². The van der Waals surface area contributed by atoms with E-state index in [1.807, 2.05) is 0 Å². The molecule has 7 rings (SSSR count). The van der Waals surface area contributed by atoms with Crippen LogP contribution in [0.2, 0.25) is 0 Å². The summed E-state index contributed by atoms with van der Waals surface area (Å²) in [5.74, 6) is 0. The third-order valence-electron chi connectivity index (χ3n) is 10.0. The first kappa shape index (κ1) is 36.1. The fourth-order valence-corrected chi connectivity index (χ4v) is 9.80. The lowest BCUT2D eigenvalue weighted by atomic mass is 9.80. The van der Waals surface area contributed by atoms with E-state index >= 15 is 0 Å². The Bertz CT molecular complexity index is 1590. The van der Waals surface area contributed by atoms with E-state index in [1.165, 1.54) is 0 Å². The molecule has 0 unspecified atom stereocenters. The van der Waals surface area contributed by atoms with Gasteiger partial charge in [0.15, 0.2) is 0 Å². The molecule has 0 heterocycles. The van der Waals surface area contributed by atoms with E-state index in [0.29, 0.717) is 0 Å². The molecular weight excluding hydrogens is 655 g/mol. The molecule has 0 amide bonds. The second kappa shape index (κ2) is 17.0. The highest BCUT2D eigenvalue weighted by Crippen LogP contribution is 2.46. The number of ether oxygens (including phenoxy) is 1. The Hall–Kier alpha value is -4.31. The Morgan fingerprint density at radius 2 is 0.654 bits per heavy atom. The van der Waals surface area contributed by atoms with Crippen LogP contribution in [0.25, 0.3) is 0 Å². The molecule has 6 aromatic carbocycles. The van der Waals surface area contributed by atoms with E-state index in [1.54, 1.807) is 0 Å². The largest absolute Gasteiger partial charge is 0.908 e. The maximum atomic E-state index is 7.77. The molecule has 0 spiro atoms. The highest BCUT2D eigenvalue weighted by molar-refractivity contribution is 6.37. The SMILES string of the molecule is CC(C)OC1CCC([O][Al]([O]C(c2ccccc2)(c2ccccc2)c2ccccc2)[O]C(c2ccccc2)(c2ccccc2)c2ccccc2)CC1. The lowest BCUT2D eigenvalue weighted by molar-refractivity contribution is -0.0576. The fraction of sp³-hybridized carbons (Fsp3) is 0.234. The molecule has 0 N–H and O–H groups in total. The average molecular weight is 703 g/mol. The van der Waals surface area contributed by atoms with Crippen LogP contribution < -0.4 is 0 Å². The Balaban J connectivity index is 1.42. The molecular formula is C47H47AlO4. The summed E-state index contributed by atoms with van der Waals surface area (Å²) >= 11 is -3.17. The van der Waals surface area contributed by atoms with Crippen LogP contribution in [0.5, 0.6) is 0 Å². The van der Waals surface area contributed by atoms with Crippen LogP contribution in [0, 0.1) is 0 Å². The van der Waals surface area contributed by atoms with Gasteiger partial charge < -0.3 is 16.1 Å². The standard InChI is InChI=1S/2C19H15O.C9H17O2.Al/c2*20-19(16-10-4-1-5-11-16,17-12-6-2-7-13-17)18-14-8-3-9-15-18;1-7(2)11-9-5-3-8(10)4-6-9;/h2*1-15H;7-9H,3-6H2,1-2H3;/q3*-1;+3. The smallest absolute Gasteiger partial charge is 0.452 e. The molecule has 1 aliphatic rings. The predicted octanol–water partition coefficient (Wildman–Crippen LogP) is 10.7. The van der Waals surface area contributed by atoms with Gasteiger partial charge in [0.2, 0.25) is 0 Å². The molecule has 4 nitrogen and oxygen atoms in total. The Kier molecular flexibility index (Phi) is 11.8. The molecule has 5 heteroatoms. The van der Waals surface area contributed by atoms with Crippen molar-refractivity contribution in [1.82, 2.24) is 0 Å². The van der Waals surface area contributed by atoms with E-state index < -0.39 is 26.4 Å². The van der Waals surface area contributed by atoms with E-state index in [-0.39, 0.29) is 18.3 Å². The van der Waals surface area contributed by atoms with Crippen molar-refractivity contribution in [1.29, 1.82) is 0 Å². The van der Waals surface area contributed by atoms with E-state index in [9.17, 15) is 0 Å². The predicted molar refractivity (Wildman–Crippen MR) is 210 cm³/mol. The van der Waals surface area contributed by atoms with Crippen molar-refractivity contribution < 1.29 is 16.1 Å². The summed E-state index contributed by atoms with van der Waals surface area (Å²) in [6, 6.07) is 63.1. The highest BCUT2D eigenvalue weighted by Gasteiger charge is 2.53. The van der Waals surface area contributed by atoms with Gasteiger partial charge in [0.25, 0.3) is 0 Å². The van der Waals surface area contributed by atoms with Crippen molar-refractivity contribution in [2.45, 2.75) is 69.0 Å². The lowest BCUT2D eigenvalue weighted by Crippen LogP contribution is -2.49.